The van der Waals surface area contributed by atoms with E-state index in [-0.39, 0.29) is 31.1 Å². The lowest BCUT2D eigenvalue weighted by molar-refractivity contribution is -0.167. The van der Waals surface area contributed by atoms with Crippen LogP contribution in [-0.4, -0.2) is 37.2 Å². The Morgan fingerprint density at radius 2 is 0.476 bits per heavy atom. The molecule has 6 heteroatoms. The van der Waals surface area contributed by atoms with E-state index in [0.717, 1.165) is 116 Å². The van der Waals surface area contributed by atoms with Gasteiger partial charge in [0.1, 0.15) is 13.2 Å². The van der Waals surface area contributed by atoms with Crippen LogP contribution in [0.15, 0.2) is 85.1 Å². The fourth-order valence-corrected chi connectivity index (χ4v) is 10.3. The fraction of sp³-hybridized carbons (Fsp3) is 0.776. The molecular formula is C76H134O6. The van der Waals surface area contributed by atoms with Crippen molar-refractivity contribution in [1.29, 1.82) is 0 Å². The highest BCUT2D eigenvalue weighted by molar-refractivity contribution is 5.71. The summed E-state index contributed by atoms with van der Waals surface area (Å²) in [6.07, 6.45) is 93.2. The van der Waals surface area contributed by atoms with Crippen molar-refractivity contribution in [2.45, 2.75) is 367 Å². The van der Waals surface area contributed by atoms with E-state index in [0.29, 0.717) is 19.3 Å². The second-order valence-electron chi connectivity index (χ2n) is 23.8. The Bertz CT molecular complexity index is 1550. The number of carbonyl (C=O) groups excluding carboxylic acids is 3. The molecule has 0 aromatic rings. The number of unbranched alkanes of at least 4 members (excludes halogenated alkanes) is 40. The quantitative estimate of drug-likeness (QED) is 0.0261. The van der Waals surface area contributed by atoms with E-state index in [4.69, 9.17) is 14.2 Å². The second kappa shape index (κ2) is 70.1. The fourth-order valence-electron chi connectivity index (χ4n) is 10.3. The summed E-state index contributed by atoms with van der Waals surface area (Å²) in [6, 6.07) is 0. The van der Waals surface area contributed by atoms with Crippen LogP contribution in [0.3, 0.4) is 0 Å². The van der Waals surface area contributed by atoms with Crippen LogP contribution in [-0.2, 0) is 28.6 Å². The van der Waals surface area contributed by atoms with Gasteiger partial charge < -0.3 is 14.2 Å². The lowest BCUT2D eigenvalue weighted by Gasteiger charge is -2.18. The second-order valence-corrected chi connectivity index (χ2v) is 23.8. The minimum absolute atomic E-state index is 0.0866. The number of hydrogen-bond acceptors (Lipinski definition) is 6. The molecule has 82 heavy (non-hydrogen) atoms. The van der Waals surface area contributed by atoms with Crippen LogP contribution in [0.2, 0.25) is 0 Å². The van der Waals surface area contributed by atoms with Gasteiger partial charge in [0.25, 0.3) is 0 Å². The van der Waals surface area contributed by atoms with Crippen LogP contribution in [0, 0.1) is 0 Å². The predicted octanol–water partition coefficient (Wildman–Crippen LogP) is 24.6. The van der Waals surface area contributed by atoms with Crippen LogP contribution in [0.4, 0.5) is 0 Å². The minimum Gasteiger partial charge on any atom is -0.462 e. The Morgan fingerprint density at radius 3 is 0.756 bits per heavy atom. The van der Waals surface area contributed by atoms with Gasteiger partial charge in [0.15, 0.2) is 6.10 Å². The standard InChI is InChI=1S/C76H134O6/c1-4-7-10-13-16-19-22-25-28-31-33-35-37-38-40-41-43-45-48-51-54-57-60-63-66-69-75(78)81-72-73(71-80-74(77)68-65-62-59-56-53-50-47-30-27-24-21-18-15-12-9-6-3)82-76(79)70-67-64-61-58-55-52-49-46-44-42-39-36-34-32-29-26-23-20-17-14-11-8-5-2/h8,11,17,20,26,29-30,34,36,42,44,47,49,52,73H,4-7,9-10,12-16,18-19,21-25,27-28,31-33,35,37-41,43,45-46,48,50-51,53-72H2,1-3H3/b11-8-,20-17-,29-26-,36-34-,44-42-,47-30-,52-49-. The molecule has 0 radical (unpaired) electrons. The Labute approximate surface area is 509 Å². The first-order chi connectivity index (χ1) is 40.5. The first-order valence-corrected chi connectivity index (χ1v) is 35.6. The lowest BCUT2D eigenvalue weighted by Crippen LogP contribution is -2.30. The van der Waals surface area contributed by atoms with Gasteiger partial charge in [-0.25, -0.2) is 0 Å². The molecule has 6 nitrogen and oxygen atoms in total. The molecule has 0 saturated heterocycles. The normalized spacial score (nSPS) is 12.6. The summed E-state index contributed by atoms with van der Waals surface area (Å²) >= 11 is 0. The van der Waals surface area contributed by atoms with Crippen molar-refractivity contribution in [3.63, 3.8) is 0 Å². The van der Waals surface area contributed by atoms with Crippen molar-refractivity contribution < 1.29 is 28.6 Å². The van der Waals surface area contributed by atoms with E-state index in [1.807, 2.05) is 0 Å². The molecule has 1 atom stereocenters. The Balaban J connectivity index is 4.37. The highest BCUT2D eigenvalue weighted by Crippen LogP contribution is 2.18. The zero-order chi connectivity index (χ0) is 59.2. The van der Waals surface area contributed by atoms with Crippen molar-refractivity contribution in [3.05, 3.63) is 85.1 Å². The topological polar surface area (TPSA) is 78.9 Å². The molecule has 0 rings (SSSR count). The molecule has 0 bridgehead atoms. The maximum atomic E-state index is 13.0. The van der Waals surface area contributed by atoms with Gasteiger partial charge in [-0.05, 0) is 96.3 Å². The lowest BCUT2D eigenvalue weighted by atomic mass is 10.0. The monoisotopic (exact) mass is 1140 g/mol. The number of rotatable bonds is 65. The molecule has 0 aliphatic heterocycles. The highest BCUT2D eigenvalue weighted by atomic mass is 16.6. The summed E-state index contributed by atoms with van der Waals surface area (Å²) < 4.78 is 17.0. The Kier molecular flexibility index (Phi) is 67.2. The molecule has 0 aliphatic rings. The molecule has 1 unspecified atom stereocenters. The van der Waals surface area contributed by atoms with Gasteiger partial charge in [-0.3, -0.25) is 14.4 Å². The smallest absolute Gasteiger partial charge is 0.306 e. The highest BCUT2D eigenvalue weighted by Gasteiger charge is 2.19. The van der Waals surface area contributed by atoms with Crippen molar-refractivity contribution in [2.24, 2.45) is 0 Å². The maximum absolute atomic E-state index is 13.0. The zero-order valence-corrected chi connectivity index (χ0v) is 54.5. The largest absolute Gasteiger partial charge is 0.462 e. The van der Waals surface area contributed by atoms with Gasteiger partial charge in [0.05, 0.1) is 0 Å². The number of carbonyl (C=O) groups is 3. The van der Waals surface area contributed by atoms with E-state index < -0.39 is 6.10 Å². The van der Waals surface area contributed by atoms with Gasteiger partial charge in [-0.15, -0.1) is 0 Å². The van der Waals surface area contributed by atoms with Gasteiger partial charge in [-0.2, -0.15) is 0 Å². The molecule has 0 fully saturated rings. The first kappa shape index (κ1) is 78.6. The maximum Gasteiger partial charge on any atom is 0.306 e. The Morgan fingerprint density at radius 1 is 0.256 bits per heavy atom. The zero-order valence-electron chi connectivity index (χ0n) is 54.5. The molecule has 0 spiro atoms. The molecule has 0 N–H and O–H groups in total. The van der Waals surface area contributed by atoms with Crippen LogP contribution in [0.1, 0.15) is 361 Å². The van der Waals surface area contributed by atoms with Gasteiger partial charge >= 0.3 is 17.9 Å². The molecular weight excluding hydrogens is 1010 g/mol. The predicted molar refractivity (Wildman–Crippen MR) is 358 cm³/mol. The molecule has 474 valence electrons. The summed E-state index contributed by atoms with van der Waals surface area (Å²) in [5, 5.41) is 0. The van der Waals surface area contributed by atoms with E-state index in [2.05, 4.69) is 106 Å². The number of hydrogen-bond donors (Lipinski definition) is 0. The van der Waals surface area contributed by atoms with E-state index in [1.165, 1.54) is 205 Å². The van der Waals surface area contributed by atoms with Crippen molar-refractivity contribution in [2.75, 3.05) is 13.2 Å². The number of ether oxygens (including phenoxy) is 3. The number of esters is 3. The molecule has 0 aromatic carbocycles. The van der Waals surface area contributed by atoms with Gasteiger partial charge in [0, 0.05) is 19.3 Å². The van der Waals surface area contributed by atoms with Crippen molar-refractivity contribution >= 4 is 17.9 Å². The average molecular weight is 1140 g/mol. The van der Waals surface area contributed by atoms with Crippen LogP contribution in [0.5, 0.6) is 0 Å². The minimum atomic E-state index is -0.795. The van der Waals surface area contributed by atoms with Crippen LogP contribution in [0.25, 0.3) is 0 Å². The third kappa shape index (κ3) is 67.4. The molecule has 0 amide bonds. The summed E-state index contributed by atoms with van der Waals surface area (Å²) in [5.41, 5.74) is 0. The van der Waals surface area contributed by atoms with E-state index >= 15 is 0 Å². The van der Waals surface area contributed by atoms with Gasteiger partial charge in [-0.1, -0.05) is 331 Å². The SMILES string of the molecule is CC/C=C\C/C=C\C/C=C\C/C=C\C/C=C\C/C=C\CCCCCCC(=O)OC(COC(=O)CCCCCCC/C=C\CCCCCCCCC)COC(=O)CCCCCCCCCCCCCCCCCCCCCCCCCCC. The van der Waals surface area contributed by atoms with Crippen LogP contribution < -0.4 is 0 Å². The summed E-state index contributed by atoms with van der Waals surface area (Å²) in [4.78, 5) is 38.5. The molecule has 0 heterocycles. The van der Waals surface area contributed by atoms with E-state index in [9.17, 15) is 14.4 Å². The van der Waals surface area contributed by atoms with Gasteiger partial charge in [0.2, 0.25) is 0 Å². The number of allylic oxidation sites excluding steroid dienone is 14. The summed E-state index contributed by atoms with van der Waals surface area (Å²) in [7, 11) is 0. The summed E-state index contributed by atoms with van der Waals surface area (Å²) in [6.45, 7) is 6.55. The van der Waals surface area contributed by atoms with Crippen molar-refractivity contribution in [1.82, 2.24) is 0 Å². The molecule has 0 saturated carbocycles. The van der Waals surface area contributed by atoms with E-state index in [1.54, 1.807) is 0 Å². The first-order valence-electron chi connectivity index (χ1n) is 35.6. The third-order valence-corrected chi connectivity index (χ3v) is 15.6. The molecule has 0 aromatic heterocycles. The molecule has 0 aliphatic carbocycles. The van der Waals surface area contributed by atoms with Crippen molar-refractivity contribution in [3.8, 4) is 0 Å². The third-order valence-electron chi connectivity index (χ3n) is 15.6. The van der Waals surface area contributed by atoms with Crippen LogP contribution >= 0.6 is 0 Å². The average Bonchev–Trinajstić information content (AvgIpc) is 3.47. The summed E-state index contributed by atoms with van der Waals surface area (Å²) in [5.74, 6) is -0.901. The Hall–Kier alpha value is -3.41.